The van der Waals surface area contributed by atoms with Gasteiger partial charge in [-0.2, -0.15) is 0 Å². The Morgan fingerprint density at radius 3 is 3.05 bits per heavy atom. The van der Waals surface area contributed by atoms with Crippen LogP contribution in [-0.4, -0.2) is 44.7 Å². The van der Waals surface area contributed by atoms with E-state index in [1.807, 2.05) is 10.7 Å². The number of hydrogen-bond donors (Lipinski definition) is 1. The van der Waals surface area contributed by atoms with Gasteiger partial charge in [-0.1, -0.05) is 12.1 Å². The largest absolute Gasteiger partial charge is 0.314 e. The smallest absolute Gasteiger partial charge is 0.165 e. The summed E-state index contributed by atoms with van der Waals surface area (Å²) in [5, 5.41) is 15.5. The highest BCUT2D eigenvalue weighted by Crippen LogP contribution is 2.35. The van der Waals surface area contributed by atoms with Crippen molar-refractivity contribution in [3.05, 3.63) is 41.5 Å². The molecule has 0 amide bonds. The summed E-state index contributed by atoms with van der Waals surface area (Å²) in [6.45, 7) is 3.34. The van der Waals surface area contributed by atoms with Crippen molar-refractivity contribution in [2.75, 3.05) is 19.6 Å². The first-order valence-corrected chi connectivity index (χ1v) is 7.78. The minimum Gasteiger partial charge on any atom is -0.314 e. The summed E-state index contributed by atoms with van der Waals surface area (Å²) in [5.74, 6) is 0.719. The van der Waals surface area contributed by atoms with Crippen molar-refractivity contribution >= 4 is 0 Å². The van der Waals surface area contributed by atoms with E-state index in [1.54, 1.807) is 12.1 Å². The van der Waals surface area contributed by atoms with Crippen LogP contribution in [0.1, 0.15) is 36.3 Å². The molecule has 0 bridgehead atoms. The summed E-state index contributed by atoms with van der Waals surface area (Å²) < 4.78 is 15.5. The van der Waals surface area contributed by atoms with E-state index in [1.165, 1.54) is 6.07 Å². The minimum atomic E-state index is -0.189. The van der Waals surface area contributed by atoms with Gasteiger partial charge in [0.15, 0.2) is 5.82 Å². The zero-order chi connectivity index (χ0) is 14.9. The van der Waals surface area contributed by atoms with Gasteiger partial charge in [-0.3, -0.25) is 4.90 Å². The predicted molar refractivity (Wildman–Crippen MR) is 78.5 cm³/mol. The van der Waals surface area contributed by atoms with Gasteiger partial charge in [0.1, 0.15) is 5.82 Å². The summed E-state index contributed by atoms with van der Waals surface area (Å²) in [7, 11) is 0. The van der Waals surface area contributed by atoms with Crippen molar-refractivity contribution < 1.29 is 4.39 Å². The lowest BCUT2D eigenvalue weighted by atomic mass is 10.0. The first-order chi connectivity index (χ1) is 10.8. The zero-order valence-electron chi connectivity index (χ0n) is 12.3. The molecule has 1 unspecified atom stereocenters. The lowest BCUT2D eigenvalue weighted by molar-refractivity contribution is 0.147. The number of hydrogen-bond acceptors (Lipinski definition) is 5. The van der Waals surface area contributed by atoms with Crippen LogP contribution in [0, 0.1) is 5.82 Å². The normalized spacial score (nSPS) is 22.9. The Bertz CT molecular complexity index is 653. The van der Waals surface area contributed by atoms with Crippen molar-refractivity contribution in [3.8, 4) is 0 Å². The maximum Gasteiger partial charge on any atom is 0.165 e. The summed E-state index contributed by atoms with van der Waals surface area (Å²) in [6, 6.07) is 7.48. The van der Waals surface area contributed by atoms with E-state index in [4.69, 9.17) is 0 Å². The van der Waals surface area contributed by atoms with E-state index < -0.39 is 0 Å². The van der Waals surface area contributed by atoms with Crippen LogP contribution >= 0.6 is 0 Å². The van der Waals surface area contributed by atoms with Gasteiger partial charge in [-0.25, -0.2) is 9.07 Å². The average Bonchev–Trinajstić information content (AvgIpc) is 3.28. The van der Waals surface area contributed by atoms with E-state index in [2.05, 4.69) is 25.7 Å². The second kappa shape index (κ2) is 5.73. The molecule has 1 atom stereocenters. The maximum absolute atomic E-state index is 13.5. The molecule has 1 saturated carbocycles. The molecular formula is C15H19FN6. The van der Waals surface area contributed by atoms with Gasteiger partial charge in [-0.05, 0) is 41.0 Å². The van der Waals surface area contributed by atoms with Crippen LogP contribution < -0.4 is 5.32 Å². The molecule has 1 aliphatic carbocycles. The van der Waals surface area contributed by atoms with Gasteiger partial charge in [0.25, 0.3) is 0 Å². The van der Waals surface area contributed by atoms with Crippen LogP contribution in [0.25, 0.3) is 0 Å². The molecule has 1 N–H and O–H groups in total. The third-order valence-electron chi connectivity index (χ3n) is 4.39. The standard InChI is InChI=1S/C15H19FN6/c16-12-3-1-2-11(8-12)14-9-17-6-7-21(14)10-15-18-19-20-22(15)13-4-5-13/h1-3,8,13-14,17H,4-7,9-10H2. The highest BCUT2D eigenvalue weighted by molar-refractivity contribution is 5.21. The van der Waals surface area contributed by atoms with Crippen LogP contribution in [0.3, 0.4) is 0 Å². The number of benzene rings is 1. The maximum atomic E-state index is 13.5. The number of aromatic nitrogens is 4. The SMILES string of the molecule is Fc1cccc(C2CNCCN2Cc2nnnn2C2CC2)c1. The molecule has 116 valence electrons. The third kappa shape index (κ3) is 2.74. The minimum absolute atomic E-state index is 0.147. The number of rotatable bonds is 4. The monoisotopic (exact) mass is 302 g/mol. The van der Waals surface area contributed by atoms with Gasteiger partial charge in [0, 0.05) is 25.7 Å². The zero-order valence-corrected chi connectivity index (χ0v) is 12.3. The molecule has 6 nitrogen and oxygen atoms in total. The van der Waals surface area contributed by atoms with Crippen molar-refractivity contribution in [2.24, 2.45) is 0 Å². The molecule has 0 radical (unpaired) electrons. The Morgan fingerprint density at radius 2 is 2.23 bits per heavy atom. The van der Waals surface area contributed by atoms with Crippen LogP contribution in [0.4, 0.5) is 4.39 Å². The van der Waals surface area contributed by atoms with E-state index in [0.29, 0.717) is 12.6 Å². The fourth-order valence-electron chi connectivity index (χ4n) is 3.08. The van der Waals surface area contributed by atoms with E-state index in [9.17, 15) is 4.39 Å². The Labute approximate surface area is 128 Å². The van der Waals surface area contributed by atoms with Crippen LogP contribution in [0.2, 0.25) is 0 Å². The van der Waals surface area contributed by atoms with Crippen molar-refractivity contribution in [1.29, 1.82) is 0 Å². The Morgan fingerprint density at radius 1 is 1.32 bits per heavy atom. The van der Waals surface area contributed by atoms with Crippen LogP contribution in [0.5, 0.6) is 0 Å². The molecule has 2 aliphatic rings. The molecule has 2 fully saturated rings. The van der Waals surface area contributed by atoms with Crippen molar-refractivity contribution in [2.45, 2.75) is 31.5 Å². The first-order valence-electron chi connectivity index (χ1n) is 7.78. The highest BCUT2D eigenvalue weighted by Gasteiger charge is 2.30. The van der Waals surface area contributed by atoms with Gasteiger partial charge in [0.2, 0.25) is 0 Å². The molecule has 1 aromatic carbocycles. The van der Waals surface area contributed by atoms with E-state index >= 15 is 0 Å². The number of tetrazole rings is 1. The predicted octanol–water partition coefficient (Wildman–Crippen LogP) is 1.29. The van der Waals surface area contributed by atoms with Crippen molar-refractivity contribution in [1.82, 2.24) is 30.4 Å². The molecule has 22 heavy (non-hydrogen) atoms. The molecule has 1 aliphatic heterocycles. The van der Waals surface area contributed by atoms with Crippen molar-refractivity contribution in [3.63, 3.8) is 0 Å². The second-order valence-corrected chi connectivity index (χ2v) is 6.02. The summed E-state index contributed by atoms with van der Waals surface area (Å²) in [4.78, 5) is 2.33. The number of piperazine rings is 1. The number of halogens is 1. The van der Waals surface area contributed by atoms with Gasteiger partial charge >= 0.3 is 0 Å². The fourth-order valence-corrected chi connectivity index (χ4v) is 3.08. The lowest BCUT2D eigenvalue weighted by Gasteiger charge is -2.36. The molecule has 1 aromatic heterocycles. The number of nitrogens with zero attached hydrogens (tertiary/aromatic N) is 5. The summed E-state index contributed by atoms with van der Waals surface area (Å²) >= 11 is 0. The van der Waals surface area contributed by atoms with Gasteiger partial charge in [-0.15, -0.1) is 5.10 Å². The lowest BCUT2D eigenvalue weighted by Crippen LogP contribution is -2.45. The molecule has 0 spiro atoms. The van der Waals surface area contributed by atoms with Crippen LogP contribution in [0.15, 0.2) is 24.3 Å². The highest BCUT2D eigenvalue weighted by atomic mass is 19.1. The average molecular weight is 302 g/mol. The first kappa shape index (κ1) is 13.8. The Kier molecular flexibility index (Phi) is 3.59. The fraction of sp³-hybridized carbons (Fsp3) is 0.533. The molecule has 7 heteroatoms. The number of nitrogens with one attached hydrogen (secondary N) is 1. The third-order valence-corrected chi connectivity index (χ3v) is 4.39. The quantitative estimate of drug-likeness (QED) is 0.922. The molecule has 2 aromatic rings. The summed E-state index contributed by atoms with van der Waals surface area (Å²) in [5.41, 5.74) is 0.998. The van der Waals surface area contributed by atoms with Gasteiger partial charge < -0.3 is 5.32 Å². The summed E-state index contributed by atoms with van der Waals surface area (Å²) in [6.07, 6.45) is 2.32. The van der Waals surface area contributed by atoms with E-state index in [0.717, 1.165) is 43.9 Å². The van der Waals surface area contributed by atoms with Crippen LogP contribution in [-0.2, 0) is 6.54 Å². The molecular weight excluding hydrogens is 283 g/mol. The molecule has 4 rings (SSSR count). The Hall–Kier alpha value is -1.86. The molecule has 2 heterocycles. The second-order valence-electron chi connectivity index (χ2n) is 6.02. The van der Waals surface area contributed by atoms with Gasteiger partial charge in [0.05, 0.1) is 12.6 Å². The Balaban J connectivity index is 1.56. The topological polar surface area (TPSA) is 58.9 Å². The molecule has 1 saturated heterocycles. The van der Waals surface area contributed by atoms with E-state index in [-0.39, 0.29) is 11.9 Å².